The van der Waals surface area contributed by atoms with Crippen LogP contribution >= 0.6 is 0 Å². The smallest absolute Gasteiger partial charge is 0.423 e. The van der Waals surface area contributed by atoms with E-state index in [9.17, 15) is 31.1 Å². The summed E-state index contributed by atoms with van der Waals surface area (Å²) in [5.41, 5.74) is -1.23. The Balaban J connectivity index is 2.92. The number of aromatic carboxylic acids is 1. The van der Waals surface area contributed by atoms with Crippen LogP contribution in [0.1, 0.15) is 16.1 Å². The highest BCUT2D eigenvalue weighted by Crippen LogP contribution is 2.36. The molecule has 0 radical (unpaired) electrons. The minimum absolute atomic E-state index is 0.592. The molecule has 20 heavy (non-hydrogen) atoms. The summed E-state index contributed by atoms with van der Waals surface area (Å²) >= 11 is 0. The fourth-order valence-electron chi connectivity index (χ4n) is 1.19. The minimum atomic E-state index is -5.67. The lowest BCUT2D eigenvalue weighted by atomic mass is 10.2. The second-order valence-corrected chi connectivity index (χ2v) is 3.46. The fraction of sp³-hybridized carbons (Fsp3) is 0.444. The second-order valence-electron chi connectivity index (χ2n) is 3.46. The number of alkyl halides is 6. The van der Waals surface area contributed by atoms with Gasteiger partial charge in [-0.2, -0.15) is 26.3 Å². The van der Waals surface area contributed by atoms with Crippen molar-refractivity contribution in [2.45, 2.75) is 25.1 Å². The van der Waals surface area contributed by atoms with E-state index in [-0.39, 0.29) is 0 Å². The van der Waals surface area contributed by atoms with Gasteiger partial charge in [-0.1, -0.05) is 0 Å². The number of ether oxygens (including phenoxy) is 1. The largest absolute Gasteiger partial charge is 0.478 e. The van der Waals surface area contributed by atoms with E-state index in [1.54, 1.807) is 0 Å². The molecule has 0 aliphatic carbocycles. The van der Waals surface area contributed by atoms with Crippen molar-refractivity contribution in [3.8, 4) is 0 Å². The van der Waals surface area contributed by atoms with Crippen LogP contribution in [0.5, 0.6) is 0 Å². The minimum Gasteiger partial charge on any atom is -0.478 e. The molecule has 112 valence electrons. The molecule has 11 heteroatoms. The normalized spacial score (nSPS) is 12.8. The van der Waals surface area contributed by atoms with Crippen LogP contribution in [-0.4, -0.2) is 39.5 Å². The standard InChI is InChI=1S/C9H6F6N2O3/c10-8(11,12)7(9(13,14)15)20-2-5-4(6(18)19)1-16-3-17-5/h1,3,7H,2H2,(H,18,19). The van der Waals surface area contributed by atoms with E-state index in [0.717, 1.165) is 12.5 Å². The van der Waals surface area contributed by atoms with Gasteiger partial charge in [0.1, 0.15) is 11.9 Å². The van der Waals surface area contributed by atoms with Crippen molar-refractivity contribution < 1.29 is 41.0 Å². The van der Waals surface area contributed by atoms with Crippen LogP contribution in [0, 0.1) is 0 Å². The first-order valence-electron chi connectivity index (χ1n) is 4.80. The van der Waals surface area contributed by atoms with Crippen molar-refractivity contribution in [1.82, 2.24) is 9.97 Å². The number of hydrogen-bond donors (Lipinski definition) is 1. The van der Waals surface area contributed by atoms with Crippen molar-refractivity contribution >= 4 is 5.97 Å². The molecule has 5 nitrogen and oxygen atoms in total. The summed E-state index contributed by atoms with van der Waals surface area (Å²) in [6.45, 7) is -1.27. The molecule has 0 saturated heterocycles. The summed E-state index contributed by atoms with van der Waals surface area (Å²) in [6.07, 6.45) is -13.8. The zero-order valence-corrected chi connectivity index (χ0v) is 9.37. The van der Waals surface area contributed by atoms with Crippen molar-refractivity contribution in [2.24, 2.45) is 0 Å². The Labute approximate surface area is 107 Å². The summed E-state index contributed by atoms with van der Waals surface area (Å²) in [7, 11) is 0. The number of rotatable bonds is 4. The van der Waals surface area contributed by atoms with Gasteiger partial charge in [0, 0.05) is 6.20 Å². The molecule has 1 aromatic heterocycles. The molecule has 0 aliphatic rings. The molecule has 0 saturated carbocycles. The van der Waals surface area contributed by atoms with Gasteiger partial charge in [-0.25, -0.2) is 14.8 Å². The Morgan fingerprint density at radius 1 is 1.25 bits per heavy atom. The molecular weight excluding hydrogens is 298 g/mol. The van der Waals surface area contributed by atoms with E-state index in [1.165, 1.54) is 0 Å². The van der Waals surface area contributed by atoms with E-state index in [1.807, 2.05) is 0 Å². The third-order valence-electron chi connectivity index (χ3n) is 2.01. The monoisotopic (exact) mass is 304 g/mol. The summed E-state index contributed by atoms with van der Waals surface area (Å²) in [4.78, 5) is 17.3. The first-order valence-corrected chi connectivity index (χ1v) is 4.80. The summed E-state index contributed by atoms with van der Waals surface area (Å²) in [6, 6.07) is 0. The number of carbonyl (C=O) groups is 1. The van der Waals surface area contributed by atoms with Gasteiger partial charge in [0.05, 0.1) is 12.3 Å². The molecule has 0 aliphatic heterocycles. The molecule has 0 bridgehead atoms. The Kier molecular flexibility index (Phi) is 4.53. The molecule has 1 N–H and O–H groups in total. The second kappa shape index (κ2) is 5.61. The zero-order valence-electron chi connectivity index (χ0n) is 9.37. The molecule has 0 fully saturated rings. The zero-order chi connectivity index (χ0) is 15.6. The van der Waals surface area contributed by atoms with Crippen molar-refractivity contribution in [3.63, 3.8) is 0 Å². The summed E-state index contributed by atoms with van der Waals surface area (Å²) in [5.74, 6) is -1.60. The number of halogens is 6. The van der Waals surface area contributed by atoms with Crippen molar-refractivity contribution in [3.05, 3.63) is 23.8 Å². The maximum absolute atomic E-state index is 12.2. The maximum Gasteiger partial charge on any atom is 0.423 e. The van der Waals surface area contributed by atoms with Crippen LogP contribution in [0.4, 0.5) is 26.3 Å². The van der Waals surface area contributed by atoms with Crippen LogP contribution in [0.3, 0.4) is 0 Å². The first kappa shape index (κ1) is 16.1. The average molecular weight is 304 g/mol. The van der Waals surface area contributed by atoms with Crippen LogP contribution in [0.15, 0.2) is 12.5 Å². The Morgan fingerprint density at radius 2 is 1.80 bits per heavy atom. The quantitative estimate of drug-likeness (QED) is 0.863. The number of carboxylic acid groups (broad SMARTS) is 1. The number of carboxylic acids is 1. The van der Waals surface area contributed by atoms with E-state index in [0.29, 0.717) is 0 Å². The maximum atomic E-state index is 12.2. The Hall–Kier alpha value is -1.91. The average Bonchev–Trinajstić information content (AvgIpc) is 2.25. The molecule has 1 rings (SSSR count). The van der Waals surface area contributed by atoms with Gasteiger partial charge in [-0.15, -0.1) is 0 Å². The lowest BCUT2D eigenvalue weighted by Gasteiger charge is -2.23. The van der Waals surface area contributed by atoms with Gasteiger partial charge in [-0.05, 0) is 0 Å². The van der Waals surface area contributed by atoms with E-state index in [2.05, 4.69) is 14.7 Å². The van der Waals surface area contributed by atoms with E-state index >= 15 is 0 Å². The van der Waals surface area contributed by atoms with Crippen molar-refractivity contribution in [2.75, 3.05) is 0 Å². The van der Waals surface area contributed by atoms with Gasteiger partial charge in [0.25, 0.3) is 0 Å². The predicted octanol–water partition coefficient (Wildman–Crippen LogP) is 2.18. The molecule has 0 spiro atoms. The molecule has 1 aromatic rings. The van der Waals surface area contributed by atoms with Gasteiger partial charge < -0.3 is 9.84 Å². The van der Waals surface area contributed by atoms with Crippen LogP contribution in [0.25, 0.3) is 0 Å². The van der Waals surface area contributed by atoms with Crippen LogP contribution < -0.4 is 0 Å². The lowest BCUT2D eigenvalue weighted by Crippen LogP contribution is -2.44. The fourth-order valence-corrected chi connectivity index (χ4v) is 1.19. The Morgan fingerprint density at radius 3 is 2.25 bits per heavy atom. The van der Waals surface area contributed by atoms with Gasteiger partial charge in [-0.3, -0.25) is 0 Å². The first-order chi connectivity index (χ1) is 9.03. The van der Waals surface area contributed by atoms with Gasteiger partial charge in [0.2, 0.25) is 6.10 Å². The van der Waals surface area contributed by atoms with Crippen molar-refractivity contribution in [1.29, 1.82) is 0 Å². The molecule has 0 unspecified atom stereocenters. The molecule has 0 atom stereocenters. The predicted molar refractivity (Wildman–Crippen MR) is 49.7 cm³/mol. The Bertz CT molecular complexity index is 473. The SMILES string of the molecule is O=C(O)c1cncnc1COC(C(F)(F)F)C(F)(F)F. The molecular formula is C9H6F6N2O3. The highest BCUT2D eigenvalue weighted by Gasteiger charge is 2.58. The molecule has 0 aromatic carbocycles. The third kappa shape index (κ3) is 4.05. The molecule has 1 heterocycles. The van der Waals surface area contributed by atoms with Crippen LogP contribution in [0.2, 0.25) is 0 Å². The van der Waals surface area contributed by atoms with Gasteiger partial charge in [0.15, 0.2) is 0 Å². The van der Waals surface area contributed by atoms with Crippen LogP contribution in [-0.2, 0) is 11.3 Å². The van der Waals surface area contributed by atoms with E-state index < -0.39 is 42.3 Å². The summed E-state index contributed by atoms with van der Waals surface area (Å²) < 4.78 is 76.8. The number of aromatic nitrogens is 2. The third-order valence-corrected chi connectivity index (χ3v) is 2.01. The number of nitrogens with zero attached hydrogens (tertiary/aromatic N) is 2. The lowest BCUT2D eigenvalue weighted by molar-refractivity contribution is -0.324. The number of hydrogen-bond acceptors (Lipinski definition) is 4. The van der Waals surface area contributed by atoms with E-state index in [4.69, 9.17) is 5.11 Å². The summed E-state index contributed by atoms with van der Waals surface area (Å²) in [5, 5.41) is 8.67. The highest BCUT2D eigenvalue weighted by atomic mass is 19.4. The molecule has 0 amide bonds. The van der Waals surface area contributed by atoms with Gasteiger partial charge >= 0.3 is 18.3 Å². The topological polar surface area (TPSA) is 72.3 Å². The highest BCUT2D eigenvalue weighted by molar-refractivity contribution is 5.88.